The van der Waals surface area contributed by atoms with Crippen LogP contribution in [-0.4, -0.2) is 90.7 Å². The van der Waals surface area contributed by atoms with Crippen LogP contribution in [0.3, 0.4) is 0 Å². The van der Waals surface area contributed by atoms with Gasteiger partial charge in [0.1, 0.15) is 54.6 Å². The van der Waals surface area contributed by atoms with Crippen LogP contribution in [0.1, 0.15) is 64.7 Å². The topological polar surface area (TPSA) is 127 Å². The molecule has 2 saturated heterocycles. The number of benzene rings is 6. The van der Waals surface area contributed by atoms with Gasteiger partial charge in [-0.15, -0.1) is 0 Å². The Labute approximate surface area is 426 Å². The molecule has 2 fully saturated rings. The van der Waals surface area contributed by atoms with Crippen LogP contribution in [-0.2, 0) is 62.9 Å². The molecule has 6 aromatic carbocycles. The van der Waals surface area contributed by atoms with E-state index in [0.717, 1.165) is 88.4 Å². The summed E-state index contributed by atoms with van der Waals surface area (Å²) in [6.45, 7) is 9.80. The fraction of sp³-hybridized carbons (Fsp3) is 0.295. The van der Waals surface area contributed by atoms with Gasteiger partial charge in [0.2, 0.25) is 0 Å². The summed E-state index contributed by atoms with van der Waals surface area (Å²) in [6, 6.07) is 51.0. The van der Waals surface area contributed by atoms with E-state index in [1.54, 1.807) is 4.90 Å². The van der Waals surface area contributed by atoms with Crippen LogP contribution in [0.15, 0.2) is 167 Å². The average Bonchev–Trinajstić information content (AvgIpc) is 4.10. The van der Waals surface area contributed by atoms with Crippen molar-refractivity contribution >= 4 is 40.0 Å². The second kappa shape index (κ2) is 22.9. The van der Waals surface area contributed by atoms with Crippen molar-refractivity contribution in [1.82, 2.24) is 20.0 Å². The maximum atomic E-state index is 13.7. The van der Waals surface area contributed by atoms with Crippen LogP contribution in [0.2, 0.25) is 0 Å². The highest BCUT2D eigenvalue weighted by Gasteiger charge is 2.39. The number of fused-ring (bicyclic) bond motifs is 5. The van der Waals surface area contributed by atoms with E-state index in [1.807, 2.05) is 121 Å². The number of hydrogen-bond acceptors (Lipinski definition) is 11. The number of nitrogens with one attached hydrogen (secondary N) is 1. The molecule has 0 radical (unpaired) electrons. The van der Waals surface area contributed by atoms with Crippen molar-refractivity contribution in [2.75, 3.05) is 45.9 Å². The molecule has 0 spiro atoms. The summed E-state index contributed by atoms with van der Waals surface area (Å²) in [7, 11) is 0. The number of para-hydroxylation sites is 2. The molecule has 1 N–H and O–H groups in total. The number of rotatable bonds is 14. The molecule has 1 aliphatic carbocycles. The number of piperazine rings is 2. The predicted octanol–water partition coefficient (Wildman–Crippen LogP) is 10.7. The normalized spacial score (nSPS) is 16.9. The van der Waals surface area contributed by atoms with E-state index in [2.05, 4.69) is 65.4 Å². The van der Waals surface area contributed by atoms with Gasteiger partial charge in [-0.3, -0.25) is 19.5 Å². The molecule has 2 aromatic heterocycles. The Bertz CT molecular complexity index is 3120. The molecule has 11 rings (SSSR count). The van der Waals surface area contributed by atoms with Gasteiger partial charge in [-0.2, -0.15) is 0 Å². The first-order chi connectivity index (χ1) is 35.8. The monoisotopic (exact) mass is 978 g/mol. The van der Waals surface area contributed by atoms with Crippen molar-refractivity contribution in [3.8, 4) is 11.1 Å². The standard InChI is InChI=1S/C38H36N2O5.C23H26N2O3/c1-2-35-32(31-18-10-11-19-36(31)45-35)22-39-20-21-40(34(23-39)37(41)43-24-26-12-4-3-5-13-26)38(42)44-25-33-29-16-8-6-14-27(29)28-15-7-9-17-30(28)33;1-2-21-19(18-10-6-7-11-22(18)28-21)14-25-13-12-24-20(15-25)23(26)27-16-17-8-4-3-5-9-17/h3-19,33-34H,2,20-25H2,1H3;3-11,20,24H,2,12-16H2,1H3. The van der Waals surface area contributed by atoms with E-state index >= 15 is 0 Å². The van der Waals surface area contributed by atoms with E-state index in [0.29, 0.717) is 39.3 Å². The summed E-state index contributed by atoms with van der Waals surface area (Å²) in [5, 5.41) is 5.54. The van der Waals surface area contributed by atoms with Crippen LogP contribution >= 0.6 is 0 Å². The van der Waals surface area contributed by atoms with Gasteiger partial charge >= 0.3 is 18.0 Å². The maximum absolute atomic E-state index is 13.7. The number of esters is 2. The van der Waals surface area contributed by atoms with Gasteiger partial charge in [-0.1, -0.05) is 159 Å². The van der Waals surface area contributed by atoms with Crippen molar-refractivity contribution in [1.29, 1.82) is 0 Å². The summed E-state index contributed by atoms with van der Waals surface area (Å²) in [6.07, 6.45) is 1.13. The van der Waals surface area contributed by atoms with E-state index in [4.69, 9.17) is 23.0 Å². The molecule has 2 aliphatic heterocycles. The fourth-order valence-electron chi connectivity index (χ4n) is 10.5. The third-order valence-electron chi connectivity index (χ3n) is 14.3. The second-order valence-corrected chi connectivity index (χ2v) is 18.9. The lowest BCUT2D eigenvalue weighted by Gasteiger charge is -2.39. The van der Waals surface area contributed by atoms with Gasteiger partial charge in [-0.25, -0.2) is 9.59 Å². The first-order valence-electron chi connectivity index (χ1n) is 25.5. The Morgan fingerprint density at radius 1 is 0.548 bits per heavy atom. The highest BCUT2D eigenvalue weighted by Crippen LogP contribution is 2.44. The molecule has 3 aliphatic rings. The van der Waals surface area contributed by atoms with Gasteiger partial charge in [-0.05, 0) is 45.5 Å². The number of hydrogen-bond donors (Lipinski definition) is 1. The maximum Gasteiger partial charge on any atom is 0.410 e. The van der Waals surface area contributed by atoms with Crippen LogP contribution in [0.5, 0.6) is 0 Å². The number of furan rings is 2. The third-order valence-corrected chi connectivity index (χ3v) is 14.3. The third kappa shape index (κ3) is 11.1. The number of amides is 1. The molecule has 0 bridgehead atoms. The van der Waals surface area contributed by atoms with E-state index in [1.165, 1.54) is 22.1 Å². The zero-order valence-corrected chi connectivity index (χ0v) is 41.5. The van der Waals surface area contributed by atoms with Crippen molar-refractivity contribution in [3.63, 3.8) is 0 Å². The molecule has 1 amide bonds. The van der Waals surface area contributed by atoms with E-state index < -0.39 is 18.1 Å². The minimum absolute atomic E-state index is 0.0621. The molecule has 73 heavy (non-hydrogen) atoms. The van der Waals surface area contributed by atoms with Crippen molar-refractivity contribution < 1.29 is 37.4 Å². The molecule has 12 heteroatoms. The number of carbonyl (C=O) groups is 3. The minimum Gasteiger partial charge on any atom is -0.461 e. The van der Waals surface area contributed by atoms with E-state index in [9.17, 15) is 14.4 Å². The molecule has 4 heterocycles. The molecule has 0 saturated carbocycles. The van der Waals surface area contributed by atoms with Gasteiger partial charge in [0.05, 0.1) is 0 Å². The summed E-state index contributed by atoms with van der Waals surface area (Å²) in [5.74, 6) is 1.28. The Balaban J connectivity index is 0.000000187. The molecule has 2 unspecified atom stereocenters. The van der Waals surface area contributed by atoms with Gasteiger partial charge in [0.25, 0.3) is 0 Å². The second-order valence-electron chi connectivity index (χ2n) is 18.9. The van der Waals surface area contributed by atoms with E-state index in [-0.39, 0.29) is 31.1 Å². The van der Waals surface area contributed by atoms with Gasteiger partial charge in [0.15, 0.2) is 0 Å². The largest absolute Gasteiger partial charge is 0.461 e. The summed E-state index contributed by atoms with van der Waals surface area (Å²) < 4.78 is 29.5. The zero-order chi connectivity index (χ0) is 50.1. The Morgan fingerprint density at radius 2 is 1.04 bits per heavy atom. The smallest absolute Gasteiger partial charge is 0.410 e. The molecule has 2 atom stereocenters. The lowest BCUT2D eigenvalue weighted by atomic mass is 9.98. The lowest BCUT2D eigenvalue weighted by Crippen LogP contribution is -2.58. The van der Waals surface area contributed by atoms with Crippen LogP contribution in [0.4, 0.5) is 4.79 Å². The number of aryl methyl sites for hydroxylation is 2. The summed E-state index contributed by atoms with van der Waals surface area (Å²) in [4.78, 5) is 46.0. The van der Waals surface area contributed by atoms with Crippen LogP contribution < -0.4 is 5.32 Å². The highest BCUT2D eigenvalue weighted by atomic mass is 16.6. The van der Waals surface area contributed by atoms with Crippen LogP contribution in [0, 0.1) is 0 Å². The summed E-state index contributed by atoms with van der Waals surface area (Å²) in [5.41, 5.74) is 10.7. The molecule has 374 valence electrons. The quantitative estimate of drug-likeness (QED) is 0.0826. The number of carbonyl (C=O) groups excluding carboxylic acids is 3. The molecular weight excluding hydrogens is 917 g/mol. The SMILES string of the molecule is CCc1oc2ccccc2c1CN1CCN(C(=O)OCC2c3ccccc3-c3ccccc32)C(C(=O)OCc2ccccc2)C1.CCc1oc2ccccc2c1CN1CCNC(C(=O)OCc2ccccc2)C1. The number of ether oxygens (including phenoxy) is 3. The Morgan fingerprint density at radius 3 is 1.60 bits per heavy atom. The molecule has 12 nitrogen and oxygen atoms in total. The number of nitrogens with zero attached hydrogens (tertiary/aromatic N) is 3. The Hall–Kier alpha value is -7.51. The highest BCUT2D eigenvalue weighted by molar-refractivity contribution is 5.85. The predicted molar refractivity (Wildman–Crippen MR) is 282 cm³/mol. The first-order valence-corrected chi connectivity index (χ1v) is 25.5. The molecule has 8 aromatic rings. The van der Waals surface area contributed by atoms with Gasteiger partial charge < -0.3 is 28.4 Å². The van der Waals surface area contributed by atoms with Crippen molar-refractivity contribution in [2.45, 2.75) is 71.0 Å². The first kappa shape index (κ1) is 49.1. The average molecular weight is 979 g/mol. The van der Waals surface area contributed by atoms with Gasteiger partial charge in [0, 0.05) is 93.0 Å². The summed E-state index contributed by atoms with van der Waals surface area (Å²) >= 11 is 0. The minimum atomic E-state index is -0.804. The fourth-order valence-corrected chi connectivity index (χ4v) is 10.5. The zero-order valence-electron chi connectivity index (χ0n) is 41.5. The Kier molecular flexibility index (Phi) is 15.4. The van der Waals surface area contributed by atoms with Crippen molar-refractivity contribution in [2.24, 2.45) is 0 Å². The van der Waals surface area contributed by atoms with Crippen LogP contribution in [0.25, 0.3) is 33.1 Å². The van der Waals surface area contributed by atoms with Crippen molar-refractivity contribution in [3.05, 3.63) is 203 Å². The lowest BCUT2D eigenvalue weighted by molar-refractivity contribution is -0.153. The molecular formula is C61H62N4O8.